The van der Waals surface area contributed by atoms with E-state index < -0.39 is 0 Å². The zero-order chi connectivity index (χ0) is 12.7. The summed E-state index contributed by atoms with van der Waals surface area (Å²) < 4.78 is 0. The Bertz CT molecular complexity index is 291. The second-order valence-corrected chi connectivity index (χ2v) is 6.88. The van der Waals surface area contributed by atoms with Gasteiger partial charge in [0.1, 0.15) is 0 Å². The average molecular weight is 251 g/mol. The fourth-order valence-corrected chi connectivity index (χ4v) is 4.64. The van der Waals surface area contributed by atoms with Crippen LogP contribution in [0, 0.1) is 17.8 Å². The highest BCUT2D eigenvalue weighted by Crippen LogP contribution is 2.47. The highest BCUT2D eigenvalue weighted by Gasteiger charge is 2.46. The first-order valence-corrected chi connectivity index (χ1v) is 7.87. The molecule has 0 aromatic heterocycles. The second kappa shape index (κ2) is 5.10. The van der Waals surface area contributed by atoms with Gasteiger partial charge in [0, 0.05) is 38.3 Å². The first-order valence-electron chi connectivity index (χ1n) is 7.87. The van der Waals surface area contributed by atoms with Crippen LogP contribution in [-0.2, 0) is 0 Å². The van der Waals surface area contributed by atoms with Crippen LogP contribution >= 0.6 is 0 Å². The highest BCUT2D eigenvalue weighted by atomic mass is 15.3. The van der Waals surface area contributed by atoms with Crippen LogP contribution in [0.3, 0.4) is 0 Å². The van der Waals surface area contributed by atoms with Crippen molar-refractivity contribution in [3.05, 3.63) is 0 Å². The molecule has 0 amide bonds. The third-order valence-corrected chi connectivity index (χ3v) is 5.96. The molecule has 104 valence electrons. The number of nitrogens with two attached hydrogens (primary N) is 1. The molecule has 5 unspecified atom stereocenters. The van der Waals surface area contributed by atoms with Crippen molar-refractivity contribution in [3.8, 4) is 0 Å². The third-order valence-electron chi connectivity index (χ3n) is 5.96. The van der Waals surface area contributed by atoms with Gasteiger partial charge in [0.25, 0.3) is 0 Å². The first-order chi connectivity index (χ1) is 8.69. The Morgan fingerprint density at radius 3 is 2.61 bits per heavy atom. The van der Waals surface area contributed by atoms with Crippen molar-refractivity contribution >= 4 is 0 Å². The Balaban J connectivity index is 1.57. The molecule has 3 aliphatic rings. The van der Waals surface area contributed by atoms with Crippen molar-refractivity contribution in [1.29, 1.82) is 0 Å². The van der Waals surface area contributed by atoms with Gasteiger partial charge < -0.3 is 15.5 Å². The number of fused-ring (bicyclic) bond motifs is 2. The Morgan fingerprint density at radius 1 is 1.17 bits per heavy atom. The molecule has 0 aromatic rings. The van der Waals surface area contributed by atoms with Crippen molar-refractivity contribution in [1.82, 2.24) is 9.80 Å². The predicted molar refractivity (Wildman–Crippen MR) is 75.4 cm³/mol. The molecule has 0 aromatic carbocycles. The van der Waals surface area contributed by atoms with E-state index in [1.807, 2.05) is 0 Å². The lowest BCUT2D eigenvalue weighted by molar-refractivity contribution is 0.0696. The van der Waals surface area contributed by atoms with Gasteiger partial charge >= 0.3 is 0 Å². The Morgan fingerprint density at radius 2 is 1.94 bits per heavy atom. The van der Waals surface area contributed by atoms with Crippen molar-refractivity contribution in [3.63, 3.8) is 0 Å². The molecule has 3 nitrogen and oxygen atoms in total. The fraction of sp³-hybridized carbons (Fsp3) is 1.00. The number of hydrogen-bond acceptors (Lipinski definition) is 3. The van der Waals surface area contributed by atoms with Gasteiger partial charge in [-0.1, -0.05) is 6.92 Å². The van der Waals surface area contributed by atoms with E-state index in [0.717, 1.165) is 23.8 Å². The minimum atomic E-state index is 0.503. The zero-order valence-electron chi connectivity index (χ0n) is 12.0. The molecule has 2 saturated carbocycles. The molecule has 5 atom stereocenters. The Hall–Kier alpha value is -0.120. The van der Waals surface area contributed by atoms with Gasteiger partial charge in [-0.05, 0) is 50.5 Å². The lowest BCUT2D eigenvalue weighted by Crippen LogP contribution is -2.54. The smallest absolute Gasteiger partial charge is 0.0218 e. The molecular formula is C15H29N3. The Labute approximate surface area is 112 Å². The van der Waals surface area contributed by atoms with Crippen LogP contribution in [0.5, 0.6) is 0 Å². The van der Waals surface area contributed by atoms with Crippen LogP contribution in [0.25, 0.3) is 0 Å². The van der Waals surface area contributed by atoms with Crippen LogP contribution in [0.15, 0.2) is 0 Å². The minimum absolute atomic E-state index is 0.503. The molecule has 3 fully saturated rings. The van der Waals surface area contributed by atoms with Crippen molar-refractivity contribution in [2.24, 2.45) is 23.5 Å². The standard InChI is InChI=1S/C15H29N3/c1-3-13-9-18(7-6-17(13)2)10-14-11-4-5-12(8-11)15(14)16/h11-15H,3-10,16H2,1-2H3. The summed E-state index contributed by atoms with van der Waals surface area (Å²) in [5, 5.41) is 0. The SMILES string of the molecule is CCC1CN(CC2C3CCC(C3)C2N)CCN1C. The average Bonchev–Trinajstić information content (AvgIpc) is 2.95. The maximum atomic E-state index is 6.44. The fourth-order valence-electron chi connectivity index (χ4n) is 4.64. The quantitative estimate of drug-likeness (QED) is 0.822. The molecule has 1 saturated heterocycles. The van der Waals surface area contributed by atoms with Gasteiger partial charge in [-0.3, -0.25) is 0 Å². The summed E-state index contributed by atoms with van der Waals surface area (Å²) in [6.45, 7) is 7.32. The predicted octanol–water partition coefficient (Wildman–Crippen LogP) is 1.39. The van der Waals surface area contributed by atoms with Gasteiger partial charge in [-0.2, -0.15) is 0 Å². The lowest BCUT2D eigenvalue weighted by Gasteiger charge is -2.42. The van der Waals surface area contributed by atoms with E-state index in [-0.39, 0.29) is 0 Å². The molecule has 2 N–H and O–H groups in total. The summed E-state index contributed by atoms with van der Waals surface area (Å²) in [5.74, 6) is 2.60. The third kappa shape index (κ3) is 2.21. The van der Waals surface area contributed by atoms with Crippen LogP contribution in [-0.4, -0.2) is 55.1 Å². The summed E-state index contributed by atoms with van der Waals surface area (Å²) in [7, 11) is 2.27. The molecule has 2 bridgehead atoms. The van der Waals surface area contributed by atoms with Gasteiger partial charge in [0.15, 0.2) is 0 Å². The number of likely N-dealkylation sites (N-methyl/N-ethyl adjacent to an activating group) is 1. The topological polar surface area (TPSA) is 32.5 Å². The van der Waals surface area contributed by atoms with Gasteiger partial charge in [-0.15, -0.1) is 0 Å². The van der Waals surface area contributed by atoms with Gasteiger partial charge in [-0.25, -0.2) is 0 Å². The monoisotopic (exact) mass is 251 g/mol. The van der Waals surface area contributed by atoms with Crippen LogP contribution < -0.4 is 5.73 Å². The van der Waals surface area contributed by atoms with E-state index in [4.69, 9.17) is 5.73 Å². The summed E-state index contributed by atoms with van der Waals surface area (Å²) in [6, 6.07) is 1.26. The molecule has 2 aliphatic carbocycles. The molecular weight excluding hydrogens is 222 g/mol. The molecule has 1 heterocycles. The van der Waals surface area contributed by atoms with Crippen LogP contribution in [0.4, 0.5) is 0 Å². The van der Waals surface area contributed by atoms with Gasteiger partial charge in [0.2, 0.25) is 0 Å². The lowest BCUT2D eigenvalue weighted by atomic mass is 9.84. The summed E-state index contributed by atoms with van der Waals surface area (Å²) in [5.41, 5.74) is 6.44. The number of nitrogens with zero attached hydrogens (tertiary/aromatic N) is 2. The molecule has 0 spiro atoms. The van der Waals surface area contributed by atoms with Crippen molar-refractivity contribution in [2.45, 2.75) is 44.7 Å². The largest absolute Gasteiger partial charge is 0.327 e. The molecule has 3 heteroatoms. The normalized spacial score (nSPS) is 45.8. The number of rotatable bonds is 3. The zero-order valence-corrected chi connectivity index (χ0v) is 12.0. The highest BCUT2D eigenvalue weighted by molar-refractivity contribution is 5.00. The molecule has 3 rings (SSSR count). The van der Waals surface area contributed by atoms with Crippen LogP contribution in [0.2, 0.25) is 0 Å². The summed E-state index contributed by atoms with van der Waals surface area (Å²) in [6.07, 6.45) is 5.56. The summed E-state index contributed by atoms with van der Waals surface area (Å²) >= 11 is 0. The first kappa shape index (κ1) is 12.9. The van der Waals surface area contributed by atoms with E-state index in [2.05, 4.69) is 23.8 Å². The van der Waals surface area contributed by atoms with E-state index in [0.29, 0.717) is 6.04 Å². The minimum Gasteiger partial charge on any atom is -0.327 e. The van der Waals surface area contributed by atoms with Crippen molar-refractivity contribution < 1.29 is 0 Å². The van der Waals surface area contributed by atoms with Crippen LogP contribution in [0.1, 0.15) is 32.6 Å². The maximum absolute atomic E-state index is 6.44. The number of piperazine rings is 1. The Kier molecular flexibility index (Phi) is 3.65. The molecule has 18 heavy (non-hydrogen) atoms. The molecule has 1 aliphatic heterocycles. The van der Waals surface area contributed by atoms with E-state index in [1.54, 1.807) is 0 Å². The van der Waals surface area contributed by atoms with Crippen molar-refractivity contribution in [2.75, 3.05) is 33.2 Å². The second-order valence-electron chi connectivity index (χ2n) is 6.88. The van der Waals surface area contributed by atoms with Gasteiger partial charge in [0.05, 0.1) is 0 Å². The van der Waals surface area contributed by atoms with E-state index in [9.17, 15) is 0 Å². The summed E-state index contributed by atoms with van der Waals surface area (Å²) in [4.78, 5) is 5.22. The number of hydrogen-bond donors (Lipinski definition) is 1. The molecule has 0 radical (unpaired) electrons. The van der Waals surface area contributed by atoms with E-state index in [1.165, 1.54) is 51.9 Å². The van der Waals surface area contributed by atoms with E-state index >= 15 is 0 Å². The maximum Gasteiger partial charge on any atom is 0.0218 e.